The first-order chi connectivity index (χ1) is 15.1. The van der Waals surface area contributed by atoms with Crippen LogP contribution in [0.15, 0.2) is 36.7 Å². The second kappa shape index (κ2) is 8.30. The molecule has 0 amide bonds. The summed E-state index contributed by atoms with van der Waals surface area (Å²) in [6.07, 6.45) is 5.01. The lowest BCUT2D eigenvalue weighted by molar-refractivity contribution is 0.230. The third-order valence-corrected chi connectivity index (χ3v) is 6.08. The van der Waals surface area contributed by atoms with Crippen LogP contribution in [0.25, 0.3) is 16.9 Å². The van der Waals surface area contributed by atoms with Crippen LogP contribution >= 0.6 is 0 Å². The van der Waals surface area contributed by atoms with Crippen LogP contribution in [-0.2, 0) is 6.42 Å². The molecule has 3 aromatic rings. The molecule has 2 aromatic heterocycles. The van der Waals surface area contributed by atoms with Crippen LogP contribution in [0.3, 0.4) is 0 Å². The van der Waals surface area contributed by atoms with Gasteiger partial charge in [0, 0.05) is 51.7 Å². The minimum Gasteiger partial charge on any atom is -0.368 e. The molecule has 1 aromatic carbocycles. The van der Waals surface area contributed by atoms with Crippen molar-refractivity contribution in [1.29, 1.82) is 0 Å². The minimum absolute atomic E-state index is 0.700. The quantitative estimate of drug-likeness (QED) is 0.702. The smallest absolute Gasteiger partial charge is 0.225 e. The molecule has 2 aliphatic rings. The molecule has 0 unspecified atom stereocenters. The zero-order valence-corrected chi connectivity index (χ0v) is 18.7. The standard InChI is InChI=1S/C24H31N7/c1-17(2)15-29-10-12-30(13-11-29)24-26-14-19-8-9-25-23-21(22(19)27-24)16-31(28-23)20-6-4-18(3)5-7-20/h4-7,14,16-17H,8-13,15H2,1-3H3,(H,25,28). The summed E-state index contributed by atoms with van der Waals surface area (Å²) in [4.78, 5) is 14.6. The van der Waals surface area contributed by atoms with Gasteiger partial charge in [0.05, 0.1) is 16.9 Å². The largest absolute Gasteiger partial charge is 0.368 e. The van der Waals surface area contributed by atoms with Gasteiger partial charge in [-0.25, -0.2) is 14.6 Å². The number of fused-ring (bicyclic) bond motifs is 3. The van der Waals surface area contributed by atoms with Crippen LogP contribution in [0, 0.1) is 12.8 Å². The number of piperazine rings is 1. The zero-order valence-electron chi connectivity index (χ0n) is 18.7. The van der Waals surface area contributed by atoms with Gasteiger partial charge >= 0.3 is 0 Å². The molecule has 0 atom stereocenters. The highest BCUT2D eigenvalue weighted by Crippen LogP contribution is 2.33. The fourth-order valence-electron chi connectivity index (χ4n) is 4.44. The Morgan fingerprint density at radius 1 is 1.06 bits per heavy atom. The second-order valence-corrected chi connectivity index (χ2v) is 9.07. The molecule has 2 aliphatic heterocycles. The Morgan fingerprint density at radius 3 is 2.58 bits per heavy atom. The van der Waals surface area contributed by atoms with Crippen LogP contribution in [0.4, 0.5) is 11.8 Å². The first-order valence-electron chi connectivity index (χ1n) is 11.3. The predicted octanol–water partition coefficient (Wildman–Crippen LogP) is 3.38. The van der Waals surface area contributed by atoms with Crippen molar-refractivity contribution in [3.63, 3.8) is 0 Å². The van der Waals surface area contributed by atoms with Crippen molar-refractivity contribution < 1.29 is 0 Å². The van der Waals surface area contributed by atoms with Crippen molar-refractivity contribution in [2.75, 3.05) is 49.5 Å². The van der Waals surface area contributed by atoms with Gasteiger partial charge in [-0.2, -0.15) is 0 Å². The van der Waals surface area contributed by atoms with Crippen LogP contribution in [-0.4, -0.2) is 63.9 Å². The van der Waals surface area contributed by atoms with E-state index in [1.807, 2.05) is 10.9 Å². The van der Waals surface area contributed by atoms with Gasteiger partial charge in [0.15, 0.2) is 5.82 Å². The van der Waals surface area contributed by atoms with E-state index >= 15 is 0 Å². The molecule has 0 saturated carbocycles. The van der Waals surface area contributed by atoms with Crippen molar-refractivity contribution in [1.82, 2.24) is 24.6 Å². The van der Waals surface area contributed by atoms with Crippen LogP contribution in [0.1, 0.15) is 25.0 Å². The van der Waals surface area contributed by atoms with E-state index in [1.54, 1.807) is 0 Å². The third kappa shape index (κ3) is 4.14. The van der Waals surface area contributed by atoms with Gasteiger partial charge in [0.2, 0.25) is 5.95 Å². The maximum atomic E-state index is 5.05. The molecule has 0 spiro atoms. The highest BCUT2D eigenvalue weighted by Gasteiger charge is 2.24. The Morgan fingerprint density at radius 2 is 1.84 bits per heavy atom. The van der Waals surface area contributed by atoms with Gasteiger partial charge in [-0.15, -0.1) is 5.10 Å². The number of benzene rings is 1. The van der Waals surface area contributed by atoms with E-state index in [0.29, 0.717) is 5.92 Å². The Balaban J connectivity index is 1.43. The molecular weight excluding hydrogens is 386 g/mol. The van der Waals surface area contributed by atoms with Gasteiger partial charge in [0.1, 0.15) is 0 Å². The number of anilines is 2. The molecule has 1 saturated heterocycles. The molecule has 0 radical (unpaired) electrons. The maximum Gasteiger partial charge on any atom is 0.225 e. The van der Waals surface area contributed by atoms with Crippen molar-refractivity contribution in [2.24, 2.45) is 5.92 Å². The fourth-order valence-corrected chi connectivity index (χ4v) is 4.44. The third-order valence-electron chi connectivity index (χ3n) is 6.08. The summed E-state index contributed by atoms with van der Waals surface area (Å²) in [6.45, 7) is 12.7. The lowest BCUT2D eigenvalue weighted by atomic mass is 10.1. The molecule has 0 bridgehead atoms. The summed E-state index contributed by atoms with van der Waals surface area (Å²) in [6, 6.07) is 8.43. The molecule has 0 aliphatic carbocycles. The van der Waals surface area contributed by atoms with Crippen molar-refractivity contribution in [3.05, 3.63) is 47.8 Å². The molecule has 5 rings (SSSR count). The van der Waals surface area contributed by atoms with E-state index in [2.05, 4.69) is 66.4 Å². The van der Waals surface area contributed by atoms with E-state index in [4.69, 9.17) is 15.1 Å². The first-order valence-corrected chi connectivity index (χ1v) is 11.3. The van der Waals surface area contributed by atoms with E-state index < -0.39 is 0 Å². The average Bonchev–Trinajstić information content (AvgIpc) is 3.11. The van der Waals surface area contributed by atoms with Gasteiger partial charge in [-0.3, -0.25) is 4.90 Å². The number of hydrogen-bond acceptors (Lipinski definition) is 6. The maximum absolute atomic E-state index is 5.05. The van der Waals surface area contributed by atoms with E-state index in [-0.39, 0.29) is 0 Å². The second-order valence-electron chi connectivity index (χ2n) is 9.07. The first kappa shape index (κ1) is 20.0. The fraction of sp³-hybridized carbons (Fsp3) is 0.458. The van der Waals surface area contributed by atoms with Crippen LogP contribution in [0.5, 0.6) is 0 Å². The molecule has 31 heavy (non-hydrogen) atoms. The van der Waals surface area contributed by atoms with Gasteiger partial charge in [0.25, 0.3) is 0 Å². The minimum atomic E-state index is 0.700. The van der Waals surface area contributed by atoms with Gasteiger partial charge < -0.3 is 10.2 Å². The number of hydrogen-bond donors (Lipinski definition) is 1. The average molecular weight is 418 g/mol. The summed E-state index contributed by atoms with van der Waals surface area (Å²) in [5.74, 6) is 2.43. The topological polar surface area (TPSA) is 62.1 Å². The molecule has 1 fully saturated rings. The Hall–Kier alpha value is -2.93. The Bertz CT molecular complexity index is 1050. The lowest BCUT2D eigenvalue weighted by Crippen LogP contribution is -2.48. The Labute approximate surface area is 184 Å². The number of nitrogens with one attached hydrogen (secondary N) is 1. The molecule has 7 heteroatoms. The van der Waals surface area contributed by atoms with Crippen molar-refractivity contribution in [3.8, 4) is 16.9 Å². The highest BCUT2D eigenvalue weighted by atomic mass is 15.3. The molecular formula is C24H31N7. The summed E-state index contributed by atoms with van der Waals surface area (Å²) < 4.78 is 1.94. The number of nitrogens with zero attached hydrogens (tertiary/aromatic N) is 6. The summed E-state index contributed by atoms with van der Waals surface area (Å²) in [5.41, 5.74) is 5.53. The number of aromatic nitrogens is 4. The van der Waals surface area contributed by atoms with Crippen LogP contribution < -0.4 is 10.2 Å². The van der Waals surface area contributed by atoms with Crippen LogP contribution in [0.2, 0.25) is 0 Å². The lowest BCUT2D eigenvalue weighted by Gasteiger charge is -2.35. The zero-order chi connectivity index (χ0) is 21.4. The molecule has 162 valence electrons. The summed E-state index contributed by atoms with van der Waals surface area (Å²) in [7, 11) is 0. The molecule has 7 nitrogen and oxygen atoms in total. The van der Waals surface area contributed by atoms with Crippen molar-refractivity contribution >= 4 is 11.8 Å². The van der Waals surface area contributed by atoms with E-state index in [0.717, 1.165) is 74.4 Å². The van der Waals surface area contributed by atoms with E-state index in [1.165, 1.54) is 11.1 Å². The van der Waals surface area contributed by atoms with Gasteiger partial charge in [-0.1, -0.05) is 31.5 Å². The molecule has 1 N–H and O–H groups in total. The predicted molar refractivity (Wildman–Crippen MR) is 125 cm³/mol. The summed E-state index contributed by atoms with van der Waals surface area (Å²) >= 11 is 0. The van der Waals surface area contributed by atoms with Gasteiger partial charge in [-0.05, 0) is 37.0 Å². The van der Waals surface area contributed by atoms with Crippen molar-refractivity contribution in [2.45, 2.75) is 27.2 Å². The SMILES string of the molecule is Cc1ccc(-n2cc3c(n2)NCCc2cnc(N4CCN(CC(C)C)CC4)nc2-3)cc1. The Kier molecular flexibility index (Phi) is 5.36. The highest BCUT2D eigenvalue weighted by molar-refractivity contribution is 5.76. The van der Waals surface area contributed by atoms with E-state index in [9.17, 15) is 0 Å². The number of aryl methyl sites for hydroxylation is 1. The number of rotatable bonds is 4. The normalized spacial score (nSPS) is 16.6. The molecule has 4 heterocycles. The summed E-state index contributed by atoms with van der Waals surface area (Å²) in [5, 5.41) is 8.29. The monoisotopic (exact) mass is 417 g/mol.